The molecule has 3 atom stereocenters. The largest absolute Gasteiger partial charge is 0.488 e. The zero-order valence-electron chi connectivity index (χ0n) is 23.8. The zero-order valence-corrected chi connectivity index (χ0v) is 26.2. The Morgan fingerprint density at radius 1 is 1.07 bits per heavy atom. The summed E-state index contributed by atoms with van der Waals surface area (Å²) in [5.74, 6) is -0.989. The Kier molecular flexibility index (Phi) is 10.0. The van der Waals surface area contributed by atoms with Crippen molar-refractivity contribution in [2.24, 2.45) is 5.92 Å². The first-order valence-electron chi connectivity index (χ1n) is 13.4. The third-order valence-corrected chi connectivity index (χ3v) is 10.7. The van der Waals surface area contributed by atoms with Crippen LogP contribution in [0.15, 0.2) is 76.5 Å². The van der Waals surface area contributed by atoms with E-state index in [0.29, 0.717) is 10.6 Å². The lowest BCUT2D eigenvalue weighted by atomic mass is 10.0. The number of hydrogen-bond donors (Lipinski definition) is 2. The molecule has 0 spiro atoms. The van der Waals surface area contributed by atoms with Crippen molar-refractivity contribution in [3.8, 4) is 5.75 Å². The van der Waals surface area contributed by atoms with E-state index in [0.717, 1.165) is 16.4 Å². The quantitative estimate of drug-likeness (QED) is 0.359. The maximum absolute atomic E-state index is 13.5. The molecule has 1 amide bonds. The highest BCUT2D eigenvalue weighted by Crippen LogP contribution is 2.31. The summed E-state index contributed by atoms with van der Waals surface area (Å²) in [5.41, 5.74) is 0.561. The summed E-state index contributed by atoms with van der Waals surface area (Å²) in [6, 6.07) is 14.1. The lowest BCUT2D eigenvalue weighted by Gasteiger charge is -2.33. The van der Waals surface area contributed by atoms with E-state index in [4.69, 9.17) is 16.3 Å². The number of halogens is 2. The monoisotopic (exact) mass is 653 g/mol. The average molecular weight is 654 g/mol. The predicted octanol–water partition coefficient (Wildman–Crippen LogP) is 3.75. The topological polar surface area (TPSA) is 133 Å². The van der Waals surface area contributed by atoms with Crippen molar-refractivity contribution >= 4 is 43.2 Å². The fraction of sp³-hybridized carbons (Fsp3) is 0.345. The van der Waals surface area contributed by atoms with Crippen molar-refractivity contribution < 1.29 is 35.9 Å². The fourth-order valence-electron chi connectivity index (χ4n) is 4.68. The highest BCUT2D eigenvalue weighted by Gasteiger charge is 2.33. The lowest BCUT2D eigenvalue weighted by Crippen LogP contribution is -2.48. The number of nitrogens with zero attached hydrogens (tertiary/aromatic N) is 2. The highest BCUT2D eigenvalue weighted by molar-refractivity contribution is 7.92. The van der Waals surface area contributed by atoms with Gasteiger partial charge in [-0.15, -0.1) is 0 Å². The SMILES string of the molecule is C[C@@H]1CN([C@H](C)CO)C(=O)Cc2cc(NS(=O)(=O)c3ccc(Cl)cc3)ccc2O[C@H]1CN(C)S(=O)(=O)c1ccc(F)cc1. The van der Waals surface area contributed by atoms with Gasteiger partial charge in [0.2, 0.25) is 15.9 Å². The van der Waals surface area contributed by atoms with Crippen molar-refractivity contribution in [2.45, 2.75) is 42.2 Å². The van der Waals surface area contributed by atoms with Gasteiger partial charge in [0.05, 0.1) is 35.4 Å². The van der Waals surface area contributed by atoms with Gasteiger partial charge in [0.1, 0.15) is 17.7 Å². The van der Waals surface area contributed by atoms with Gasteiger partial charge in [-0.05, 0) is 73.7 Å². The zero-order chi connectivity index (χ0) is 31.5. The van der Waals surface area contributed by atoms with E-state index in [9.17, 15) is 31.1 Å². The van der Waals surface area contributed by atoms with Crippen LogP contribution in [0.2, 0.25) is 5.02 Å². The van der Waals surface area contributed by atoms with Gasteiger partial charge in [-0.25, -0.2) is 21.2 Å². The molecule has 232 valence electrons. The first-order valence-corrected chi connectivity index (χ1v) is 16.7. The first-order chi connectivity index (χ1) is 20.2. The molecule has 10 nitrogen and oxygen atoms in total. The molecule has 1 heterocycles. The van der Waals surface area contributed by atoms with Crippen LogP contribution in [0.3, 0.4) is 0 Å². The summed E-state index contributed by atoms with van der Waals surface area (Å²) in [6.45, 7) is 3.27. The minimum atomic E-state index is -4.01. The van der Waals surface area contributed by atoms with Crippen LogP contribution in [0.25, 0.3) is 0 Å². The molecule has 43 heavy (non-hydrogen) atoms. The molecular formula is C29H33ClFN3O7S2. The molecule has 0 aromatic heterocycles. The molecule has 0 bridgehead atoms. The molecule has 0 radical (unpaired) electrons. The third-order valence-electron chi connectivity index (χ3n) is 7.25. The van der Waals surface area contributed by atoms with Crippen LogP contribution < -0.4 is 9.46 Å². The maximum Gasteiger partial charge on any atom is 0.261 e. The number of carbonyl (C=O) groups is 1. The van der Waals surface area contributed by atoms with Crippen LogP contribution in [0, 0.1) is 11.7 Å². The average Bonchev–Trinajstić information content (AvgIpc) is 3.00. The molecule has 0 aliphatic carbocycles. The number of anilines is 1. The number of likely N-dealkylation sites (N-methyl/N-ethyl adjacent to an activating group) is 1. The van der Waals surface area contributed by atoms with Crippen LogP contribution in [0.5, 0.6) is 5.75 Å². The van der Waals surface area contributed by atoms with E-state index in [1.807, 2.05) is 6.92 Å². The molecule has 0 saturated heterocycles. The van der Waals surface area contributed by atoms with Gasteiger partial charge in [-0.1, -0.05) is 18.5 Å². The molecular weight excluding hydrogens is 621 g/mol. The Morgan fingerprint density at radius 3 is 2.33 bits per heavy atom. The van der Waals surface area contributed by atoms with Crippen LogP contribution in [-0.4, -0.2) is 75.9 Å². The van der Waals surface area contributed by atoms with E-state index >= 15 is 0 Å². The van der Waals surface area contributed by atoms with Gasteiger partial charge in [0.15, 0.2) is 0 Å². The number of nitrogens with one attached hydrogen (secondary N) is 1. The van der Waals surface area contributed by atoms with Crippen molar-refractivity contribution in [2.75, 3.05) is 31.5 Å². The summed E-state index contributed by atoms with van der Waals surface area (Å²) < 4.78 is 75.8. The Hall–Kier alpha value is -3.23. The van der Waals surface area contributed by atoms with E-state index < -0.39 is 43.9 Å². The highest BCUT2D eigenvalue weighted by atomic mass is 35.5. The minimum Gasteiger partial charge on any atom is -0.488 e. The van der Waals surface area contributed by atoms with E-state index in [-0.39, 0.29) is 53.3 Å². The Bertz CT molecular complexity index is 1670. The number of fused-ring (bicyclic) bond motifs is 1. The van der Waals surface area contributed by atoms with Gasteiger partial charge in [0, 0.05) is 35.8 Å². The Balaban J connectivity index is 1.68. The molecule has 0 saturated carbocycles. The maximum atomic E-state index is 13.5. The number of sulfonamides is 2. The molecule has 14 heteroatoms. The number of aliphatic hydroxyl groups excluding tert-OH is 1. The number of aliphatic hydroxyl groups is 1. The Morgan fingerprint density at radius 2 is 1.70 bits per heavy atom. The van der Waals surface area contributed by atoms with Crippen LogP contribution in [0.1, 0.15) is 19.4 Å². The normalized spacial score (nSPS) is 18.7. The number of amides is 1. The van der Waals surface area contributed by atoms with Crippen molar-refractivity contribution in [1.29, 1.82) is 0 Å². The van der Waals surface area contributed by atoms with E-state index in [1.54, 1.807) is 6.92 Å². The molecule has 4 rings (SSSR count). The van der Waals surface area contributed by atoms with Crippen molar-refractivity contribution in [1.82, 2.24) is 9.21 Å². The second-order valence-electron chi connectivity index (χ2n) is 10.5. The number of benzene rings is 3. The summed E-state index contributed by atoms with van der Waals surface area (Å²) in [5, 5.41) is 10.2. The number of ether oxygens (including phenoxy) is 1. The molecule has 0 unspecified atom stereocenters. The second-order valence-corrected chi connectivity index (χ2v) is 14.7. The summed E-state index contributed by atoms with van der Waals surface area (Å²) in [6.07, 6.45) is -0.908. The van der Waals surface area contributed by atoms with Gasteiger partial charge < -0.3 is 14.7 Å². The van der Waals surface area contributed by atoms with E-state index in [1.165, 1.54) is 66.5 Å². The smallest absolute Gasteiger partial charge is 0.261 e. The standard InChI is InChI=1S/C29H33ClFN3O7S2/c1-19-16-34(20(2)18-35)29(36)15-21-14-24(32-42(37,38)25-9-4-22(30)5-10-25)8-13-27(21)41-28(19)17-33(3)43(39,40)26-11-6-23(31)7-12-26/h4-14,19-20,28,32,35H,15-18H2,1-3H3/t19-,20-,28+/m1/s1. The Labute approximate surface area is 256 Å². The van der Waals surface area contributed by atoms with Gasteiger partial charge >= 0.3 is 0 Å². The summed E-state index contributed by atoms with van der Waals surface area (Å²) in [7, 11) is -6.60. The summed E-state index contributed by atoms with van der Waals surface area (Å²) in [4.78, 5) is 14.9. The van der Waals surface area contributed by atoms with Crippen molar-refractivity contribution in [3.05, 3.63) is 83.1 Å². The van der Waals surface area contributed by atoms with Crippen molar-refractivity contribution in [3.63, 3.8) is 0 Å². The number of rotatable bonds is 9. The molecule has 3 aromatic rings. The predicted molar refractivity (Wildman–Crippen MR) is 160 cm³/mol. The molecule has 3 aromatic carbocycles. The summed E-state index contributed by atoms with van der Waals surface area (Å²) >= 11 is 5.89. The lowest BCUT2D eigenvalue weighted by molar-refractivity contribution is -0.134. The fourth-order valence-corrected chi connectivity index (χ4v) is 7.04. The van der Waals surface area contributed by atoms with E-state index in [2.05, 4.69) is 4.72 Å². The molecule has 2 N–H and O–H groups in total. The number of carbonyl (C=O) groups excluding carboxylic acids is 1. The number of hydrogen-bond acceptors (Lipinski definition) is 7. The molecule has 0 fully saturated rings. The van der Waals surface area contributed by atoms with Crippen LogP contribution in [0.4, 0.5) is 10.1 Å². The molecule has 1 aliphatic heterocycles. The van der Waals surface area contributed by atoms with Crippen LogP contribution >= 0.6 is 11.6 Å². The van der Waals surface area contributed by atoms with Gasteiger partial charge in [-0.3, -0.25) is 9.52 Å². The van der Waals surface area contributed by atoms with Crippen LogP contribution in [-0.2, 0) is 31.3 Å². The van der Waals surface area contributed by atoms with Gasteiger partial charge in [0.25, 0.3) is 10.0 Å². The first kappa shape index (κ1) is 32.7. The third kappa shape index (κ3) is 7.65. The molecule has 1 aliphatic rings. The minimum absolute atomic E-state index is 0.00463. The second kappa shape index (κ2) is 13.2. The van der Waals surface area contributed by atoms with Gasteiger partial charge in [-0.2, -0.15) is 4.31 Å².